The number of piperidine rings is 1. The van der Waals surface area contributed by atoms with Crippen LogP contribution in [0, 0.1) is 5.92 Å². The Morgan fingerprint density at radius 1 is 1.20 bits per heavy atom. The maximum absolute atomic E-state index is 13.5. The van der Waals surface area contributed by atoms with Gasteiger partial charge in [0.15, 0.2) is 0 Å². The van der Waals surface area contributed by atoms with Gasteiger partial charge in [-0.3, -0.25) is 14.3 Å². The summed E-state index contributed by atoms with van der Waals surface area (Å²) in [5, 5.41) is 10.2. The molecule has 186 valence electrons. The molecule has 2 atom stereocenters. The molecule has 9 nitrogen and oxygen atoms in total. The van der Waals surface area contributed by atoms with Gasteiger partial charge in [0.2, 0.25) is 5.56 Å². The first-order valence-electron chi connectivity index (χ1n) is 11.6. The Kier molecular flexibility index (Phi) is 7.13. The molecule has 0 bridgehead atoms. The number of aromatic amines is 1. The van der Waals surface area contributed by atoms with Gasteiger partial charge < -0.3 is 19.7 Å². The molecule has 2 aromatic carbocycles. The molecule has 35 heavy (non-hydrogen) atoms. The molecule has 1 amide bonds. The Bertz CT molecular complexity index is 1380. The highest BCUT2D eigenvalue weighted by Gasteiger charge is 2.33. The highest BCUT2D eigenvalue weighted by molar-refractivity contribution is 7.92. The van der Waals surface area contributed by atoms with Crippen molar-refractivity contribution < 1.29 is 23.1 Å². The predicted octanol–water partition coefficient (Wildman–Crippen LogP) is 2.96. The zero-order chi connectivity index (χ0) is 25.2. The molecular weight excluding hydrogens is 470 g/mol. The summed E-state index contributed by atoms with van der Waals surface area (Å²) < 4.78 is 34.1. The number of sulfonamides is 1. The summed E-state index contributed by atoms with van der Waals surface area (Å²) in [5.74, 6) is 0.336. The second kappa shape index (κ2) is 10.1. The lowest BCUT2D eigenvalue weighted by Crippen LogP contribution is -2.49. The summed E-state index contributed by atoms with van der Waals surface area (Å²) in [4.78, 5) is 30.0. The van der Waals surface area contributed by atoms with Crippen LogP contribution < -0.4 is 15.0 Å². The highest BCUT2D eigenvalue weighted by atomic mass is 32.2. The summed E-state index contributed by atoms with van der Waals surface area (Å²) in [5.41, 5.74) is 0.356. The third-order valence-corrected chi connectivity index (χ3v) is 7.72. The zero-order valence-electron chi connectivity index (χ0n) is 19.7. The van der Waals surface area contributed by atoms with Crippen molar-refractivity contribution in [2.45, 2.75) is 37.6 Å². The second-order valence-electron chi connectivity index (χ2n) is 8.69. The molecule has 1 saturated heterocycles. The fourth-order valence-electron chi connectivity index (χ4n) is 4.51. The standard InChI is InChI=1S/C25H29N3O6S/c1-3-34-18-8-6-17(7-9-18)27-35(32,33)19-10-11-22-20(13-19)21(14-24(30)26-22)25(31)28-12-4-5-16(2)23(28)15-29/h6-11,13-14,16,23,27,29H,3-5,12,15H2,1-2H3,(H,26,30)/t16-,23-/m1/s1. The van der Waals surface area contributed by atoms with Gasteiger partial charge in [-0.1, -0.05) is 6.92 Å². The van der Waals surface area contributed by atoms with Crippen LogP contribution in [0.4, 0.5) is 5.69 Å². The molecule has 10 heteroatoms. The van der Waals surface area contributed by atoms with E-state index in [2.05, 4.69) is 9.71 Å². The fraction of sp³-hybridized carbons (Fsp3) is 0.360. The number of aliphatic hydroxyl groups is 1. The molecule has 0 radical (unpaired) electrons. The van der Waals surface area contributed by atoms with Crippen LogP contribution in [0.5, 0.6) is 5.75 Å². The van der Waals surface area contributed by atoms with Gasteiger partial charge in [0, 0.05) is 29.2 Å². The largest absolute Gasteiger partial charge is 0.494 e. The molecule has 0 saturated carbocycles. The van der Waals surface area contributed by atoms with E-state index >= 15 is 0 Å². The first-order chi connectivity index (χ1) is 16.7. The predicted molar refractivity (Wildman–Crippen MR) is 133 cm³/mol. The Balaban J connectivity index is 1.71. The smallest absolute Gasteiger partial charge is 0.261 e. The average molecular weight is 500 g/mol. The van der Waals surface area contributed by atoms with Gasteiger partial charge in [0.25, 0.3) is 15.9 Å². The maximum atomic E-state index is 13.5. The molecule has 1 aliphatic rings. The van der Waals surface area contributed by atoms with Crippen molar-refractivity contribution in [3.63, 3.8) is 0 Å². The Morgan fingerprint density at radius 2 is 1.94 bits per heavy atom. The molecule has 0 aliphatic carbocycles. The number of nitrogens with zero attached hydrogens (tertiary/aromatic N) is 1. The van der Waals surface area contributed by atoms with Crippen molar-refractivity contribution in [1.29, 1.82) is 0 Å². The minimum Gasteiger partial charge on any atom is -0.494 e. The van der Waals surface area contributed by atoms with Crippen LogP contribution in [0.3, 0.4) is 0 Å². The third kappa shape index (κ3) is 5.18. The summed E-state index contributed by atoms with van der Waals surface area (Å²) in [6, 6.07) is 11.6. The number of rotatable bonds is 7. The SMILES string of the molecule is CCOc1ccc(NS(=O)(=O)c2ccc3[nH]c(=O)cc(C(=O)N4CCC[C@@H](C)[C@H]4CO)c3c2)cc1. The first kappa shape index (κ1) is 24.7. The summed E-state index contributed by atoms with van der Waals surface area (Å²) >= 11 is 0. The van der Waals surface area contributed by atoms with E-state index < -0.39 is 21.5 Å². The number of likely N-dealkylation sites (tertiary alicyclic amines) is 1. The van der Waals surface area contributed by atoms with Gasteiger partial charge in [0.05, 0.1) is 29.7 Å². The minimum absolute atomic E-state index is 0.0503. The number of amides is 1. The first-order valence-corrected chi connectivity index (χ1v) is 13.1. The van der Waals surface area contributed by atoms with Gasteiger partial charge in [-0.25, -0.2) is 8.42 Å². The van der Waals surface area contributed by atoms with Gasteiger partial charge in [-0.2, -0.15) is 0 Å². The van der Waals surface area contributed by atoms with Crippen LogP contribution in [0.2, 0.25) is 0 Å². The van der Waals surface area contributed by atoms with Crippen molar-refractivity contribution in [3.05, 3.63) is 64.4 Å². The van der Waals surface area contributed by atoms with E-state index in [9.17, 15) is 23.1 Å². The molecule has 0 spiro atoms. The number of nitrogens with one attached hydrogen (secondary N) is 2. The van der Waals surface area contributed by atoms with Crippen molar-refractivity contribution in [2.75, 3.05) is 24.5 Å². The Labute approximate surface area is 203 Å². The average Bonchev–Trinajstić information content (AvgIpc) is 2.83. The number of ether oxygens (including phenoxy) is 1. The van der Waals surface area contributed by atoms with Crippen molar-refractivity contribution in [2.24, 2.45) is 5.92 Å². The van der Waals surface area contributed by atoms with Crippen molar-refractivity contribution in [1.82, 2.24) is 9.88 Å². The molecular formula is C25H29N3O6S. The van der Waals surface area contributed by atoms with Crippen LogP contribution >= 0.6 is 0 Å². The van der Waals surface area contributed by atoms with E-state index in [0.717, 1.165) is 12.8 Å². The molecule has 0 unspecified atom stereocenters. The number of hydrogen-bond acceptors (Lipinski definition) is 6. The normalized spacial score (nSPS) is 18.4. The van der Waals surface area contributed by atoms with Crippen LogP contribution in [-0.2, 0) is 10.0 Å². The van der Waals surface area contributed by atoms with Gasteiger partial charge in [0.1, 0.15) is 5.75 Å². The molecule has 3 aromatic rings. The number of H-pyrrole nitrogens is 1. The Hall–Kier alpha value is -3.37. The van der Waals surface area contributed by atoms with Gasteiger partial charge in [-0.15, -0.1) is 0 Å². The summed E-state index contributed by atoms with van der Waals surface area (Å²) in [6.45, 7) is 4.62. The zero-order valence-corrected chi connectivity index (χ0v) is 20.5. The third-order valence-electron chi connectivity index (χ3n) is 6.34. The second-order valence-corrected chi connectivity index (χ2v) is 10.4. The van der Waals surface area contributed by atoms with E-state index in [0.29, 0.717) is 35.5 Å². The van der Waals surface area contributed by atoms with Crippen LogP contribution in [0.1, 0.15) is 37.0 Å². The monoisotopic (exact) mass is 499 g/mol. The Morgan fingerprint density at radius 3 is 2.63 bits per heavy atom. The molecule has 1 aliphatic heterocycles. The summed E-state index contributed by atoms with van der Waals surface area (Å²) in [6.07, 6.45) is 1.68. The molecule has 2 heterocycles. The number of aliphatic hydroxyl groups excluding tert-OH is 1. The molecule has 3 N–H and O–H groups in total. The lowest BCUT2D eigenvalue weighted by molar-refractivity contribution is 0.0360. The lowest BCUT2D eigenvalue weighted by Gasteiger charge is -2.39. The van der Waals surface area contributed by atoms with E-state index in [1.54, 1.807) is 29.2 Å². The number of benzene rings is 2. The van der Waals surface area contributed by atoms with E-state index in [4.69, 9.17) is 4.74 Å². The number of anilines is 1. The van der Waals surface area contributed by atoms with Gasteiger partial charge >= 0.3 is 0 Å². The van der Waals surface area contributed by atoms with Crippen LogP contribution in [-0.4, -0.2) is 55.1 Å². The lowest BCUT2D eigenvalue weighted by atomic mass is 9.90. The van der Waals surface area contributed by atoms with Crippen molar-refractivity contribution in [3.8, 4) is 5.75 Å². The minimum atomic E-state index is -3.98. The number of pyridine rings is 1. The fourth-order valence-corrected chi connectivity index (χ4v) is 5.60. The van der Waals surface area contributed by atoms with Gasteiger partial charge in [-0.05, 0) is 68.1 Å². The van der Waals surface area contributed by atoms with Crippen LogP contribution in [0.15, 0.2) is 58.2 Å². The quantitative estimate of drug-likeness (QED) is 0.458. The number of carbonyl (C=O) groups excluding carboxylic acids is 1. The van der Waals surface area contributed by atoms with Crippen LogP contribution in [0.25, 0.3) is 10.9 Å². The molecule has 1 aromatic heterocycles. The number of aromatic nitrogens is 1. The van der Waals surface area contributed by atoms with E-state index in [1.807, 2.05) is 13.8 Å². The van der Waals surface area contributed by atoms with E-state index in [-0.39, 0.29) is 29.0 Å². The summed E-state index contributed by atoms with van der Waals surface area (Å²) in [7, 11) is -3.98. The molecule has 1 fully saturated rings. The number of carbonyl (C=O) groups is 1. The topological polar surface area (TPSA) is 129 Å². The molecule has 4 rings (SSSR count). The highest BCUT2D eigenvalue weighted by Crippen LogP contribution is 2.28. The van der Waals surface area contributed by atoms with E-state index in [1.165, 1.54) is 24.3 Å². The maximum Gasteiger partial charge on any atom is 0.261 e. The number of fused-ring (bicyclic) bond motifs is 1. The van der Waals surface area contributed by atoms with Crippen molar-refractivity contribution >= 4 is 32.5 Å². The number of hydrogen-bond donors (Lipinski definition) is 3.